The normalized spacial score (nSPS) is 15.5. The number of methoxy groups -OCH3 is 1. The van der Waals surface area contributed by atoms with Gasteiger partial charge in [0.05, 0.1) is 12.0 Å². The molecule has 2 aromatic rings. The number of ether oxygens (including phenoxy) is 3. The maximum Gasteiger partial charge on any atom is 0.411 e. The number of hydrogen-bond acceptors (Lipinski definition) is 7. The molecular weight excluding hydrogens is 416 g/mol. The molecule has 2 aromatic carbocycles. The lowest BCUT2D eigenvalue weighted by atomic mass is 9.92. The molecule has 1 aliphatic rings. The minimum atomic E-state index is -0.901. The third kappa shape index (κ3) is 5.35. The Kier molecular flexibility index (Phi) is 6.67. The summed E-state index contributed by atoms with van der Waals surface area (Å²) in [5.41, 5.74) is 1.66. The van der Waals surface area contributed by atoms with E-state index in [4.69, 9.17) is 14.2 Å². The quantitative estimate of drug-likeness (QED) is 0.388. The van der Waals surface area contributed by atoms with Crippen molar-refractivity contribution in [1.82, 2.24) is 4.90 Å². The van der Waals surface area contributed by atoms with Crippen LogP contribution in [0.1, 0.15) is 43.5 Å². The summed E-state index contributed by atoms with van der Waals surface area (Å²) in [6, 6.07) is 10.5. The van der Waals surface area contributed by atoms with Gasteiger partial charge in [0.15, 0.2) is 6.04 Å². The Labute approximate surface area is 186 Å². The fraction of sp³-hybridized carbons (Fsp3) is 0.391. The average Bonchev–Trinajstić information content (AvgIpc) is 2.75. The summed E-state index contributed by atoms with van der Waals surface area (Å²) < 4.78 is 16.2. The van der Waals surface area contributed by atoms with Crippen LogP contribution in [-0.2, 0) is 27.3 Å². The Balaban J connectivity index is 1.77. The van der Waals surface area contributed by atoms with E-state index in [-0.39, 0.29) is 12.3 Å². The van der Waals surface area contributed by atoms with E-state index in [1.807, 2.05) is 6.07 Å². The molecular formula is C23H26N2O7. The molecule has 0 spiro atoms. The number of fused-ring (bicyclic) bond motifs is 1. The van der Waals surface area contributed by atoms with Crippen LogP contribution in [0, 0.1) is 10.1 Å². The average molecular weight is 442 g/mol. The van der Waals surface area contributed by atoms with Gasteiger partial charge in [0.1, 0.15) is 18.0 Å². The molecule has 0 fully saturated rings. The van der Waals surface area contributed by atoms with Crippen molar-refractivity contribution in [2.45, 2.75) is 45.4 Å². The zero-order chi connectivity index (χ0) is 23.5. The minimum absolute atomic E-state index is 0.0194. The lowest BCUT2D eigenvalue weighted by Crippen LogP contribution is -2.46. The van der Waals surface area contributed by atoms with Gasteiger partial charge < -0.3 is 14.2 Å². The van der Waals surface area contributed by atoms with Crippen molar-refractivity contribution in [1.29, 1.82) is 0 Å². The summed E-state index contributed by atoms with van der Waals surface area (Å²) in [6.45, 7) is 5.84. The Bertz CT molecular complexity index is 1010. The summed E-state index contributed by atoms with van der Waals surface area (Å²) in [5, 5.41) is 10.8. The number of esters is 1. The molecule has 170 valence electrons. The molecule has 0 saturated carbocycles. The van der Waals surface area contributed by atoms with Crippen LogP contribution >= 0.6 is 0 Å². The molecule has 9 heteroatoms. The highest BCUT2D eigenvalue weighted by Gasteiger charge is 2.39. The molecule has 0 saturated heterocycles. The van der Waals surface area contributed by atoms with Crippen LogP contribution in [0.25, 0.3) is 0 Å². The topological polar surface area (TPSA) is 108 Å². The highest BCUT2D eigenvalue weighted by molar-refractivity contribution is 5.84. The van der Waals surface area contributed by atoms with E-state index in [0.717, 1.165) is 11.1 Å². The first-order valence-electron chi connectivity index (χ1n) is 10.2. The van der Waals surface area contributed by atoms with E-state index in [2.05, 4.69) is 0 Å². The predicted molar refractivity (Wildman–Crippen MR) is 115 cm³/mol. The third-order valence-electron chi connectivity index (χ3n) is 4.95. The molecule has 9 nitrogen and oxygen atoms in total. The van der Waals surface area contributed by atoms with E-state index >= 15 is 0 Å². The fourth-order valence-electron chi connectivity index (χ4n) is 3.46. The summed E-state index contributed by atoms with van der Waals surface area (Å²) in [6.07, 6.45) is -0.0476. The molecule has 1 aliphatic heterocycles. The number of hydrogen-bond donors (Lipinski definition) is 0. The molecule has 0 bridgehead atoms. The zero-order valence-electron chi connectivity index (χ0n) is 18.5. The van der Waals surface area contributed by atoms with Crippen LogP contribution in [0.15, 0.2) is 42.5 Å². The standard InChI is InChI=1S/C23H26N2O7/c1-23(2,3)32-22(27)24-12-11-16-13-18(9-10-19(16)20(24)21(26)30-4)31-14-15-5-7-17(8-6-15)25(28)29/h5-10,13,20H,11-12,14H2,1-4H3/t20-/m1/s1. The van der Waals surface area contributed by atoms with Gasteiger partial charge in [-0.15, -0.1) is 0 Å². The van der Waals surface area contributed by atoms with Gasteiger partial charge in [-0.1, -0.05) is 6.07 Å². The molecule has 1 heterocycles. The van der Waals surface area contributed by atoms with Crippen LogP contribution in [0.5, 0.6) is 5.75 Å². The number of carbonyl (C=O) groups excluding carboxylic acids is 2. The lowest BCUT2D eigenvalue weighted by molar-refractivity contribution is -0.384. The minimum Gasteiger partial charge on any atom is -0.489 e. The first-order valence-corrected chi connectivity index (χ1v) is 10.2. The fourth-order valence-corrected chi connectivity index (χ4v) is 3.46. The van der Waals surface area contributed by atoms with Crippen LogP contribution in [0.3, 0.4) is 0 Å². The molecule has 3 rings (SSSR count). The van der Waals surface area contributed by atoms with Crippen molar-refractivity contribution >= 4 is 17.7 Å². The van der Waals surface area contributed by atoms with Crippen molar-refractivity contribution < 1.29 is 28.7 Å². The van der Waals surface area contributed by atoms with Crippen LogP contribution < -0.4 is 4.74 Å². The summed E-state index contributed by atoms with van der Waals surface area (Å²) in [5.74, 6) is 0.0489. The Hall–Kier alpha value is -3.62. The van der Waals surface area contributed by atoms with Crippen molar-refractivity contribution in [3.8, 4) is 5.75 Å². The molecule has 0 radical (unpaired) electrons. The molecule has 0 N–H and O–H groups in total. The number of nitro benzene ring substituents is 1. The SMILES string of the molecule is COC(=O)[C@H]1c2ccc(OCc3ccc([N+](=O)[O-])cc3)cc2CCN1C(=O)OC(C)(C)C. The second kappa shape index (κ2) is 9.25. The first-order chi connectivity index (χ1) is 15.1. The van der Waals surface area contributed by atoms with E-state index < -0.39 is 28.6 Å². The summed E-state index contributed by atoms with van der Waals surface area (Å²) >= 11 is 0. The monoisotopic (exact) mass is 442 g/mol. The first kappa shape index (κ1) is 23.1. The number of rotatable bonds is 5. The van der Waals surface area contributed by atoms with Crippen LogP contribution in [-0.4, -0.2) is 41.1 Å². The van der Waals surface area contributed by atoms with Crippen molar-refractivity contribution in [3.05, 3.63) is 69.3 Å². The van der Waals surface area contributed by atoms with E-state index in [0.29, 0.717) is 24.3 Å². The molecule has 0 aliphatic carbocycles. The molecule has 0 aromatic heterocycles. The van der Waals surface area contributed by atoms with Gasteiger partial charge in [-0.25, -0.2) is 9.59 Å². The Morgan fingerprint density at radius 1 is 1.16 bits per heavy atom. The van der Waals surface area contributed by atoms with Gasteiger partial charge >= 0.3 is 12.1 Å². The number of nitrogens with zero attached hydrogens (tertiary/aromatic N) is 2. The Morgan fingerprint density at radius 2 is 1.84 bits per heavy atom. The smallest absolute Gasteiger partial charge is 0.411 e. The van der Waals surface area contributed by atoms with Gasteiger partial charge in [0.2, 0.25) is 0 Å². The predicted octanol–water partition coefficient (Wildman–Crippen LogP) is 4.18. The van der Waals surface area contributed by atoms with Gasteiger partial charge in [0, 0.05) is 18.7 Å². The van der Waals surface area contributed by atoms with Crippen LogP contribution in [0.4, 0.5) is 10.5 Å². The maximum absolute atomic E-state index is 12.7. The van der Waals surface area contributed by atoms with Gasteiger partial charge in [-0.3, -0.25) is 15.0 Å². The lowest BCUT2D eigenvalue weighted by Gasteiger charge is -2.36. The number of non-ortho nitro benzene ring substituents is 1. The second-order valence-electron chi connectivity index (χ2n) is 8.42. The van der Waals surface area contributed by atoms with Gasteiger partial charge in [-0.05, 0) is 68.1 Å². The largest absolute Gasteiger partial charge is 0.489 e. The molecule has 0 unspecified atom stereocenters. The maximum atomic E-state index is 12.7. The number of amides is 1. The second-order valence-corrected chi connectivity index (χ2v) is 8.42. The van der Waals surface area contributed by atoms with Crippen molar-refractivity contribution in [3.63, 3.8) is 0 Å². The third-order valence-corrected chi connectivity index (χ3v) is 4.95. The van der Waals surface area contributed by atoms with E-state index in [9.17, 15) is 19.7 Å². The number of benzene rings is 2. The van der Waals surface area contributed by atoms with Crippen molar-refractivity contribution in [2.75, 3.05) is 13.7 Å². The number of carbonyl (C=O) groups is 2. The summed E-state index contributed by atoms with van der Waals surface area (Å²) in [4.78, 5) is 36.9. The summed E-state index contributed by atoms with van der Waals surface area (Å²) in [7, 11) is 1.28. The Morgan fingerprint density at radius 3 is 2.44 bits per heavy atom. The molecule has 1 atom stereocenters. The number of nitro groups is 1. The molecule has 32 heavy (non-hydrogen) atoms. The van der Waals surface area contributed by atoms with Crippen molar-refractivity contribution in [2.24, 2.45) is 0 Å². The van der Waals surface area contributed by atoms with Crippen LogP contribution in [0.2, 0.25) is 0 Å². The van der Waals surface area contributed by atoms with Gasteiger partial charge in [0.25, 0.3) is 5.69 Å². The van der Waals surface area contributed by atoms with E-state index in [1.165, 1.54) is 24.1 Å². The highest BCUT2D eigenvalue weighted by atomic mass is 16.6. The van der Waals surface area contributed by atoms with Gasteiger partial charge in [-0.2, -0.15) is 0 Å². The molecule has 1 amide bonds. The highest BCUT2D eigenvalue weighted by Crippen LogP contribution is 2.34. The zero-order valence-corrected chi connectivity index (χ0v) is 18.5. The van der Waals surface area contributed by atoms with E-state index in [1.54, 1.807) is 45.0 Å².